The van der Waals surface area contributed by atoms with Crippen molar-refractivity contribution in [2.45, 2.75) is 13.8 Å². The molecule has 13 heavy (non-hydrogen) atoms. The second-order valence-electron chi connectivity index (χ2n) is 3.06. The lowest BCUT2D eigenvalue weighted by molar-refractivity contribution is 0.622. The van der Waals surface area contributed by atoms with E-state index >= 15 is 0 Å². The molecule has 1 nitrogen and oxygen atoms in total. The standard InChI is InChI=1S/C11H10FN/c1-7(2)9-4-8(3)5-11(12)10(9)6-13/h4-5H,1H2,2-3H3. The number of allylic oxidation sites excluding steroid dienone is 1. The molecule has 0 heterocycles. The van der Waals surface area contributed by atoms with Gasteiger partial charge in [0.2, 0.25) is 0 Å². The highest BCUT2D eigenvalue weighted by Crippen LogP contribution is 2.21. The van der Waals surface area contributed by atoms with Crippen molar-refractivity contribution in [3.8, 4) is 6.07 Å². The van der Waals surface area contributed by atoms with Crippen LogP contribution in [0.25, 0.3) is 5.57 Å². The van der Waals surface area contributed by atoms with Gasteiger partial charge in [-0.2, -0.15) is 5.26 Å². The van der Waals surface area contributed by atoms with Crippen LogP contribution in [0.5, 0.6) is 0 Å². The van der Waals surface area contributed by atoms with E-state index in [0.717, 1.165) is 5.56 Å². The summed E-state index contributed by atoms with van der Waals surface area (Å²) in [5, 5.41) is 8.71. The average Bonchev–Trinajstić information content (AvgIpc) is 2.02. The Morgan fingerprint density at radius 2 is 2.15 bits per heavy atom. The van der Waals surface area contributed by atoms with E-state index in [1.807, 2.05) is 6.07 Å². The minimum absolute atomic E-state index is 0.0816. The van der Waals surface area contributed by atoms with E-state index in [2.05, 4.69) is 6.58 Å². The molecule has 0 aliphatic rings. The zero-order valence-corrected chi connectivity index (χ0v) is 7.69. The molecule has 0 aliphatic carbocycles. The molecule has 0 aliphatic heterocycles. The van der Waals surface area contributed by atoms with Crippen LogP contribution in [-0.4, -0.2) is 0 Å². The van der Waals surface area contributed by atoms with Crippen LogP contribution in [0.2, 0.25) is 0 Å². The first-order chi connectivity index (χ1) is 6.06. The number of aryl methyl sites for hydroxylation is 1. The molecule has 0 atom stereocenters. The van der Waals surface area contributed by atoms with Crippen molar-refractivity contribution in [2.75, 3.05) is 0 Å². The molecule has 0 N–H and O–H groups in total. The number of nitrogens with zero attached hydrogens (tertiary/aromatic N) is 1. The van der Waals surface area contributed by atoms with Crippen molar-refractivity contribution >= 4 is 5.57 Å². The summed E-state index contributed by atoms with van der Waals surface area (Å²) in [6.07, 6.45) is 0. The first kappa shape index (κ1) is 9.47. The van der Waals surface area contributed by atoms with Crippen LogP contribution in [0.1, 0.15) is 23.6 Å². The van der Waals surface area contributed by atoms with Gasteiger partial charge in [-0.3, -0.25) is 0 Å². The number of rotatable bonds is 1. The first-order valence-electron chi connectivity index (χ1n) is 3.92. The van der Waals surface area contributed by atoms with E-state index in [4.69, 9.17) is 5.26 Å². The molecule has 0 amide bonds. The monoisotopic (exact) mass is 175 g/mol. The van der Waals surface area contributed by atoms with E-state index < -0.39 is 5.82 Å². The minimum Gasteiger partial charge on any atom is -0.206 e. The molecule has 1 rings (SSSR count). The van der Waals surface area contributed by atoms with Crippen molar-refractivity contribution in [3.63, 3.8) is 0 Å². The van der Waals surface area contributed by atoms with Crippen molar-refractivity contribution in [2.24, 2.45) is 0 Å². The highest BCUT2D eigenvalue weighted by atomic mass is 19.1. The van der Waals surface area contributed by atoms with Gasteiger partial charge in [-0.1, -0.05) is 12.6 Å². The van der Waals surface area contributed by atoms with Gasteiger partial charge in [0, 0.05) is 0 Å². The fraction of sp³-hybridized carbons (Fsp3) is 0.182. The third-order valence-corrected chi connectivity index (χ3v) is 1.81. The maximum Gasteiger partial charge on any atom is 0.141 e. The van der Waals surface area contributed by atoms with Crippen LogP contribution in [-0.2, 0) is 0 Å². The normalized spacial score (nSPS) is 9.38. The molecule has 0 aromatic heterocycles. The summed E-state index contributed by atoms with van der Waals surface area (Å²) in [7, 11) is 0. The molecule has 0 fully saturated rings. The molecule has 0 radical (unpaired) electrons. The van der Waals surface area contributed by atoms with Crippen LogP contribution >= 0.6 is 0 Å². The molecule has 66 valence electrons. The Morgan fingerprint density at radius 3 is 2.62 bits per heavy atom. The summed E-state index contributed by atoms with van der Waals surface area (Å²) in [5.41, 5.74) is 2.19. The molecule has 1 aromatic carbocycles. The van der Waals surface area contributed by atoms with Crippen molar-refractivity contribution < 1.29 is 4.39 Å². The number of hydrogen-bond donors (Lipinski definition) is 0. The van der Waals surface area contributed by atoms with E-state index in [9.17, 15) is 4.39 Å². The van der Waals surface area contributed by atoms with Crippen LogP contribution in [0.4, 0.5) is 4.39 Å². The second-order valence-corrected chi connectivity index (χ2v) is 3.06. The summed E-state index contributed by atoms with van der Waals surface area (Å²) in [4.78, 5) is 0. The molecule has 0 saturated heterocycles. The van der Waals surface area contributed by atoms with E-state index in [0.29, 0.717) is 11.1 Å². The first-order valence-corrected chi connectivity index (χ1v) is 3.92. The lowest BCUT2D eigenvalue weighted by Crippen LogP contribution is -1.92. The van der Waals surface area contributed by atoms with Crippen LogP contribution in [0.15, 0.2) is 18.7 Å². The van der Waals surface area contributed by atoms with Crippen molar-refractivity contribution in [1.82, 2.24) is 0 Å². The molecule has 0 unspecified atom stereocenters. The van der Waals surface area contributed by atoms with Gasteiger partial charge >= 0.3 is 0 Å². The van der Waals surface area contributed by atoms with Crippen molar-refractivity contribution in [3.05, 3.63) is 41.2 Å². The number of hydrogen-bond acceptors (Lipinski definition) is 1. The number of benzene rings is 1. The zero-order valence-electron chi connectivity index (χ0n) is 7.69. The topological polar surface area (TPSA) is 23.8 Å². The number of nitriles is 1. The highest BCUT2D eigenvalue weighted by molar-refractivity contribution is 5.68. The third-order valence-electron chi connectivity index (χ3n) is 1.81. The molecule has 0 spiro atoms. The lowest BCUT2D eigenvalue weighted by atomic mass is 10.00. The predicted molar refractivity (Wildman–Crippen MR) is 50.6 cm³/mol. The molecule has 0 bridgehead atoms. The van der Waals surface area contributed by atoms with Gasteiger partial charge in [0.05, 0.1) is 5.56 Å². The van der Waals surface area contributed by atoms with Gasteiger partial charge in [-0.05, 0) is 36.6 Å². The summed E-state index contributed by atoms with van der Waals surface area (Å²) in [6, 6.07) is 4.96. The van der Waals surface area contributed by atoms with E-state index in [1.165, 1.54) is 6.07 Å². The molecular formula is C11H10FN. The quantitative estimate of drug-likeness (QED) is 0.643. The molecule has 2 heteroatoms. The fourth-order valence-electron chi connectivity index (χ4n) is 1.19. The zero-order chi connectivity index (χ0) is 10.0. The molecule has 1 aromatic rings. The Morgan fingerprint density at radius 1 is 1.54 bits per heavy atom. The van der Waals surface area contributed by atoms with E-state index in [1.54, 1.807) is 19.9 Å². The average molecular weight is 175 g/mol. The number of halogens is 1. The fourth-order valence-corrected chi connectivity index (χ4v) is 1.19. The summed E-state index contributed by atoms with van der Waals surface area (Å²) in [6.45, 7) is 7.25. The maximum atomic E-state index is 13.2. The van der Waals surface area contributed by atoms with Gasteiger partial charge in [0.1, 0.15) is 11.9 Å². The second kappa shape index (κ2) is 3.40. The summed E-state index contributed by atoms with van der Waals surface area (Å²) in [5.74, 6) is -0.472. The molecule has 0 saturated carbocycles. The van der Waals surface area contributed by atoms with Gasteiger partial charge in [-0.15, -0.1) is 0 Å². The Labute approximate surface area is 77.1 Å². The van der Waals surface area contributed by atoms with Gasteiger partial charge in [0.25, 0.3) is 0 Å². The van der Waals surface area contributed by atoms with Crippen LogP contribution in [0, 0.1) is 24.1 Å². The minimum atomic E-state index is -0.472. The van der Waals surface area contributed by atoms with E-state index in [-0.39, 0.29) is 5.56 Å². The largest absolute Gasteiger partial charge is 0.206 e. The molecular weight excluding hydrogens is 165 g/mol. The maximum absolute atomic E-state index is 13.2. The Hall–Kier alpha value is -1.62. The third kappa shape index (κ3) is 1.75. The Kier molecular flexibility index (Phi) is 2.48. The Bertz CT molecular complexity index is 399. The van der Waals surface area contributed by atoms with Crippen LogP contribution in [0.3, 0.4) is 0 Å². The van der Waals surface area contributed by atoms with Crippen LogP contribution < -0.4 is 0 Å². The summed E-state index contributed by atoms with van der Waals surface area (Å²) < 4.78 is 13.2. The Balaban J connectivity index is 3.50. The smallest absolute Gasteiger partial charge is 0.141 e. The van der Waals surface area contributed by atoms with Gasteiger partial charge in [-0.25, -0.2) is 4.39 Å². The van der Waals surface area contributed by atoms with Gasteiger partial charge in [0.15, 0.2) is 0 Å². The highest BCUT2D eigenvalue weighted by Gasteiger charge is 2.09. The lowest BCUT2D eigenvalue weighted by Gasteiger charge is -2.05. The van der Waals surface area contributed by atoms with Gasteiger partial charge < -0.3 is 0 Å². The SMILES string of the molecule is C=C(C)c1cc(C)cc(F)c1C#N. The van der Waals surface area contributed by atoms with Crippen molar-refractivity contribution in [1.29, 1.82) is 5.26 Å². The predicted octanol–water partition coefficient (Wildman–Crippen LogP) is 3.04. The summed E-state index contributed by atoms with van der Waals surface area (Å²) >= 11 is 0.